The van der Waals surface area contributed by atoms with Crippen LogP contribution in [0.5, 0.6) is 0 Å². The molecule has 8 rings (SSSR count). The minimum absolute atomic E-state index is 0.207. The summed E-state index contributed by atoms with van der Waals surface area (Å²) < 4.78 is 9.71. The van der Waals surface area contributed by atoms with Crippen LogP contribution < -0.4 is 11.1 Å². The van der Waals surface area contributed by atoms with E-state index < -0.39 is 11.5 Å². The molecule has 6 aromatic rings. The Hall–Kier alpha value is -6.61. The van der Waals surface area contributed by atoms with Crippen molar-refractivity contribution in [1.29, 1.82) is 0 Å². The number of likely N-dealkylation sites (N-methyl/N-ethyl adjacent to an activating group) is 2. The van der Waals surface area contributed by atoms with Gasteiger partial charge in [0, 0.05) is 76.1 Å². The zero-order chi connectivity index (χ0) is 47.3. The molecule has 6 aromatic carbocycles. The van der Waals surface area contributed by atoms with Gasteiger partial charge in [0.05, 0.1) is 30.0 Å². The SMILES string of the molecule is CC(C)COC(=O)Cl.CC(C)COC(=O)Nc1cccc2cc3cccc4c3c(c12)C(=O)N(CCN(C)C)C4=O.CN(C)CCN1C(=O)c2cccc3cc4cccc(N)c4c(c23)C1=O. The van der Waals surface area contributed by atoms with Gasteiger partial charge >= 0.3 is 11.5 Å². The third-order valence-electron chi connectivity index (χ3n) is 10.8. The number of carbonyl (C=O) groups excluding carboxylic acids is 6. The molecule has 5 amide bonds. The van der Waals surface area contributed by atoms with Crippen molar-refractivity contribution in [3.63, 3.8) is 0 Å². The van der Waals surface area contributed by atoms with Gasteiger partial charge in [-0.05, 0) is 98.0 Å². The highest BCUT2D eigenvalue weighted by atomic mass is 35.5. The van der Waals surface area contributed by atoms with E-state index in [4.69, 9.17) is 22.1 Å². The number of nitrogens with one attached hydrogen (secondary N) is 1. The maximum atomic E-state index is 13.6. The summed E-state index contributed by atoms with van der Waals surface area (Å²) in [6.45, 7) is 10.3. The Bertz CT molecular complexity index is 2840. The minimum Gasteiger partial charge on any atom is -0.453 e. The number of fused-ring (bicyclic) bond motifs is 4. The van der Waals surface area contributed by atoms with Gasteiger partial charge in [-0.2, -0.15) is 0 Å². The van der Waals surface area contributed by atoms with Crippen LogP contribution in [0.1, 0.15) is 69.1 Å². The van der Waals surface area contributed by atoms with Crippen LogP contribution in [0.25, 0.3) is 43.1 Å². The van der Waals surface area contributed by atoms with E-state index in [1.807, 2.05) is 126 Å². The molecule has 0 fully saturated rings. The van der Waals surface area contributed by atoms with Crippen LogP contribution in [0.3, 0.4) is 0 Å². The van der Waals surface area contributed by atoms with E-state index in [1.165, 1.54) is 9.80 Å². The van der Waals surface area contributed by atoms with Gasteiger partial charge < -0.3 is 25.0 Å². The number of amides is 5. The average Bonchev–Trinajstić information content (AvgIpc) is 3.25. The van der Waals surface area contributed by atoms with Gasteiger partial charge in [0.2, 0.25) is 0 Å². The second-order valence-corrected chi connectivity index (χ2v) is 17.7. The van der Waals surface area contributed by atoms with Crippen molar-refractivity contribution >= 4 is 101 Å². The number of nitrogens with two attached hydrogens (primary N) is 1. The van der Waals surface area contributed by atoms with Crippen LogP contribution >= 0.6 is 11.6 Å². The van der Waals surface area contributed by atoms with Gasteiger partial charge in [-0.1, -0.05) is 76.2 Å². The molecule has 0 radical (unpaired) electrons. The highest BCUT2D eigenvalue weighted by Gasteiger charge is 2.36. The molecular weight excluding hydrogens is 848 g/mol. The Kier molecular flexibility index (Phi) is 15.1. The van der Waals surface area contributed by atoms with E-state index in [1.54, 1.807) is 24.3 Å². The summed E-state index contributed by atoms with van der Waals surface area (Å²) in [5, 5.41) is 8.90. The summed E-state index contributed by atoms with van der Waals surface area (Å²) >= 11 is 4.86. The van der Waals surface area contributed by atoms with Crippen molar-refractivity contribution in [1.82, 2.24) is 19.6 Å². The number of carbonyl (C=O) groups is 6. The van der Waals surface area contributed by atoms with Crippen molar-refractivity contribution in [2.45, 2.75) is 27.7 Å². The predicted molar refractivity (Wildman–Crippen MR) is 257 cm³/mol. The molecule has 0 saturated carbocycles. The third-order valence-corrected chi connectivity index (χ3v) is 10.9. The fraction of sp³-hybridized carbons (Fsp3) is 0.320. The fourth-order valence-electron chi connectivity index (χ4n) is 7.75. The van der Waals surface area contributed by atoms with Crippen molar-refractivity contribution in [2.24, 2.45) is 11.8 Å². The number of halogens is 1. The number of ether oxygens (including phenoxy) is 2. The van der Waals surface area contributed by atoms with E-state index in [2.05, 4.69) is 10.1 Å². The first-order chi connectivity index (χ1) is 30.9. The first-order valence-electron chi connectivity index (χ1n) is 21.4. The largest absolute Gasteiger partial charge is 0.453 e. The van der Waals surface area contributed by atoms with Crippen LogP contribution in [-0.2, 0) is 9.47 Å². The number of benzene rings is 6. The standard InChI is InChI=1S/C25H27N3O4.C20H19N3O2.C5H9ClO2/c1-15(2)14-32-25(31)26-19-10-6-8-17-13-16-7-5-9-18-20(16)22(21(17)19)24(30)28(23(18)29)12-11-27(3)4;1-22(2)9-10-23-19(24)14-7-3-5-12-11-13-6-4-8-15(21)17(13)18(16(12)14)20(23)25;1-4(2)3-8-5(6)7/h5-10,13,15H,11-12,14H2,1-4H3,(H,26,31);3-8,11H,9-10,21H2,1-2H3;4H,3H2,1-2H3. The molecule has 0 saturated heterocycles. The number of rotatable bonds is 11. The van der Waals surface area contributed by atoms with Gasteiger partial charge in [-0.3, -0.25) is 34.3 Å². The molecule has 0 aliphatic carbocycles. The van der Waals surface area contributed by atoms with E-state index in [0.717, 1.165) is 26.9 Å². The summed E-state index contributed by atoms with van der Waals surface area (Å²) in [4.78, 5) is 81.7. The highest BCUT2D eigenvalue weighted by Crippen LogP contribution is 2.40. The number of hydrogen-bond acceptors (Lipinski definition) is 11. The Labute approximate surface area is 383 Å². The van der Waals surface area contributed by atoms with Crippen LogP contribution in [-0.4, -0.2) is 122 Å². The second-order valence-electron chi connectivity index (χ2n) is 17.3. The number of nitrogen functional groups attached to an aromatic ring is 1. The lowest BCUT2D eigenvalue weighted by Crippen LogP contribution is -2.43. The first-order valence-corrected chi connectivity index (χ1v) is 21.8. The summed E-state index contributed by atoms with van der Waals surface area (Å²) in [6.07, 6.45) is -0.574. The predicted octanol–water partition coefficient (Wildman–Crippen LogP) is 9.11. The molecule has 340 valence electrons. The molecule has 15 heteroatoms. The minimum atomic E-state index is -0.723. The quantitative estimate of drug-likeness (QED) is 0.0550. The van der Waals surface area contributed by atoms with Crippen LogP contribution in [0.15, 0.2) is 84.9 Å². The number of nitrogens with zero attached hydrogens (tertiary/aromatic N) is 4. The number of anilines is 2. The second kappa shape index (κ2) is 20.5. The van der Waals surface area contributed by atoms with E-state index in [9.17, 15) is 28.8 Å². The van der Waals surface area contributed by atoms with Gasteiger partial charge in [-0.25, -0.2) is 9.59 Å². The monoisotopic (exact) mass is 902 g/mol. The molecule has 2 aliphatic rings. The summed E-state index contributed by atoms with van der Waals surface area (Å²) in [7, 11) is 7.63. The van der Waals surface area contributed by atoms with Crippen LogP contribution in [0, 0.1) is 11.8 Å². The molecule has 65 heavy (non-hydrogen) atoms. The average molecular weight is 903 g/mol. The molecule has 2 heterocycles. The molecule has 0 aromatic heterocycles. The van der Waals surface area contributed by atoms with Gasteiger partial charge in [0.15, 0.2) is 0 Å². The number of imide groups is 2. The molecule has 0 bridgehead atoms. The van der Waals surface area contributed by atoms with E-state index >= 15 is 0 Å². The Morgan fingerprint density at radius 1 is 0.600 bits per heavy atom. The fourth-order valence-corrected chi connectivity index (χ4v) is 7.81. The molecule has 2 aliphatic heterocycles. The molecule has 0 atom stereocenters. The summed E-state index contributed by atoms with van der Waals surface area (Å²) in [5.41, 5.74) is 8.55. The maximum absolute atomic E-state index is 13.6. The summed E-state index contributed by atoms with van der Waals surface area (Å²) in [6, 6.07) is 26.1. The van der Waals surface area contributed by atoms with Crippen molar-refractivity contribution in [3.8, 4) is 0 Å². The molecule has 3 N–H and O–H groups in total. The van der Waals surface area contributed by atoms with E-state index in [-0.39, 0.29) is 36.1 Å². The zero-order valence-electron chi connectivity index (χ0n) is 38.0. The van der Waals surface area contributed by atoms with Crippen molar-refractivity contribution < 1.29 is 38.2 Å². The van der Waals surface area contributed by atoms with Crippen molar-refractivity contribution in [2.75, 3.05) is 78.6 Å². The molecule has 0 unspecified atom stereocenters. The lowest BCUT2D eigenvalue weighted by molar-refractivity contribution is 0.0587. The molecular formula is C50H55ClN6O8. The van der Waals surface area contributed by atoms with E-state index in [0.29, 0.717) is 88.6 Å². The van der Waals surface area contributed by atoms with Crippen LogP contribution in [0.4, 0.5) is 21.0 Å². The zero-order valence-corrected chi connectivity index (χ0v) is 38.7. The van der Waals surface area contributed by atoms with Gasteiger partial charge in [-0.15, -0.1) is 0 Å². The smallest absolute Gasteiger partial charge is 0.411 e. The first kappa shape index (κ1) is 47.9. The third kappa shape index (κ3) is 10.5. The van der Waals surface area contributed by atoms with Crippen molar-refractivity contribution in [3.05, 3.63) is 107 Å². The van der Waals surface area contributed by atoms with Crippen LogP contribution in [0.2, 0.25) is 0 Å². The normalized spacial score (nSPS) is 13.2. The Balaban J connectivity index is 0.000000188. The number of hydrogen-bond donors (Lipinski definition) is 2. The van der Waals surface area contributed by atoms with Gasteiger partial charge in [0.1, 0.15) is 0 Å². The Morgan fingerprint density at radius 2 is 1.02 bits per heavy atom. The highest BCUT2D eigenvalue weighted by molar-refractivity contribution is 6.61. The maximum Gasteiger partial charge on any atom is 0.411 e. The lowest BCUT2D eigenvalue weighted by atomic mass is 9.89. The van der Waals surface area contributed by atoms with Gasteiger partial charge in [0.25, 0.3) is 23.6 Å². The topological polar surface area (TPSA) is 172 Å². The summed E-state index contributed by atoms with van der Waals surface area (Å²) in [5.74, 6) is -0.582. The Morgan fingerprint density at radius 3 is 1.46 bits per heavy atom. The molecule has 14 nitrogen and oxygen atoms in total. The molecule has 0 spiro atoms. The lowest BCUT2D eigenvalue weighted by Gasteiger charge is -2.29.